The number of carboxylic acids is 1. The highest BCUT2D eigenvalue weighted by atomic mass is 16.4. The van der Waals surface area contributed by atoms with Gasteiger partial charge in [0, 0.05) is 6.42 Å². The van der Waals surface area contributed by atoms with Crippen LogP contribution in [-0.2, 0) is 0 Å². The molecule has 0 aliphatic heterocycles. The lowest BCUT2D eigenvalue weighted by atomic mass is 10.0. The van der Waals surface area contributed by atoms with Crippen molar-refractivity contribution < 1.29 is 19.8 Å². The zero-order valence-electron chi connectivity index (χ0n) is 9.77. The second-order valence-corrected chi connectivity index (χ2v) is 3.89. The summed E-state index contributed by atoms with van der Waals surface area (Å²) in [5.41, 5.74) is -0.132. The van der Waals surface area contributed by atoms with E-state index in [1.54, 1.807) is 0 Å². The van der Waals surface area contributed by atoms with Gasteiger partial charge >= 0.3 is 5.97 Å². The van der Waals surface area contributed by atoms with Gasteiger partial charge in [0.15, 0.2) is 5.78 Å². The van der Waals surface area contributed by atoms with Crippen LogP contribution in [0.1, 0.15) is 53.3 Å². The van der Waals surface area contributed by atoms with Gasteiger partial charge in [0.05, 0.1) is 5.56 Å². The average molecular weight is 236 g/mol. The smallest absolute Gasteiger partial charge is 0.339 e. The van der Waals surface area contributed by atoms with Crippen molar-refractivity contribution in [3.8, 4) is 5.75 Å². The molecule has 0 saturated carbocycles. The molecule has 0 spiro atoms. The van der Waals surface area contributed by atoms with Crippen LogP contribution in [0.4, 0.5) is 0 Å². The number of phenols is 1. The fourth-order valence-corrected chi connectivity index (χ4v) is 1.61. The molecule has 0 heterocycles. The van der Waals surface area contributed by atoms with Crippen LogP contribution in [0.5, 0.6) is 5.75 Å². The molecule has 0 fully saturated rings. The Labute approximate surface area is 99.9 Å². The van der Waals surface area contributed by atoms with Crippen LogP contribution in [-0.4, -0.2) is 22.0 Å². The van der Waals surface area contributed by atoms with Crippen LogP contribution in [0.3, 0.4) is 0 Å². The summed E-state index contributed by atoms with van der Waals surface area (Å²) in [5, 5.41) is 18.5. The lowest BCUT2D eigenvalue weighted by molar-refractivity contribution is 0.0693. The van der Waals surface area contributed by atoms with Crippen molar-refractivity contribution in [3.63, 3.8) is 0 Å². The maximum atomic E-state index is 11.8. The van der Waals surface area contributed by atoms with E-state index in [0.29, 0.717) is 6.42 Å². The number of hydrogen-bond acceptors (Lipinski definition) is 3. The van der Waals surface area contributed by atoms with Crippen molar-refractivity contribution in [3.05, 3.63) is 29.3 Å². The second-order valence-electron chi connectivity index (χ2n) is 3.89. The summed E-state index contributed by atoms with van der Waals surface area (Å²) in [6.45, 7) is 2.03. The fraction of sp³-hybridized carbons (Fsp3) is 0.385. The molecule has 92 valence electrons. The molecule has 0 radical (unpaired) electrons. The predicted octanol–water partition coefficient (Wildman–Crippen LogP) is 2.85. The minimum Gasteiger partial charge on any atom is -0.506 e. The SMILES string of the molecule is CCCCCC(=O)c1cccc(C(=O)O)c1O. The molecule has 1 aromatic rings. The lowest BCUT2D eigenvalue weighted by Gasteiger charge is -2.06. The van der Waals surface area contributed by atoms with Gasteiger partial charge in [-0.1, -0.05) is 25.8 Å². The van der Waals surface area contributed by atoms with Crippen molar-refractivity contribution in [2.24, 2.45) is 0 Å². The molecule has 0 atom stereocenters. The number of aromatic hydroxyl groups is 1. The monoisotopic (exact) mass is 236 g/mol. The van der Waals surface area contributed by atoms with E-state index in [0.717, 1.165) is 19.3 Å². The third-order valence-corrected chi connectivity index (χ3v) is 2.57. The maximum Gasteiger partial charge on any atom is 0.339 e. The number of carbonyl (C=O) groups is 2. The first-order valence-electron chi connectivity index (χ1n) is 5.66. The van der Waals surface area contributed by atoms with E-state index >= 15 is 0 Å². The van der Waals surface area contributed by atoms with E-state index in [1.165, 1.54) is 18.2 Å². The quantitative estimate of drug-likeness (QED) is 0.588. The van der Waals surface area contributed by atoms with E-state index < -0.39 is 11.7 Å². The average Bonchev–Trinajstić information content (AvgIpc) is 2.29. The second kappa shape index (κ2) is 6.03. The van der Waals surface area contributed by atoms with Crippen LogP contribution in [0.15, 0.2) is 18.2 Å². The van der Waals surface area contributed by atoms with Crippen LogP contribution >= 0.6 is 0 Å². The molecular weight excluding hydrogens is 220 g/mol. The zero-order chi connectivity index (χ0) is 12.8. The Morgan fingerprint density at radius 2 is 1.82 bits per heavy atom. The van der Waals surface area contributed by atoms with Gasteiger partial charge in [-0.3, -0.25) is 4.79 Å². The summed E-state index contributed by atoms with van der Waals surface area (Å²) in [6.07, 6.45) is 3.05. The molecule has 0 aromatic heterocycles. The zero-order valence-corrected chi connectivity index (χ0v) is 9.77. The van der Waals surface area contributed by atoms with Crippen molar-refractivity contribution in [2.75, 3.05) is 0 Å². The first kappa shape index (κ1) is 13.2. The number of carbonyl (C=O) groups excluding carboxylic acids is 1. The Hall–Kier alpha value is -1.84. The predicted molar refractivity (Wildman–Crippen MR) is 63.5 cm³/mol. The highest BCUT2D eigenvalue weighted by molar-refractivity contribution is 6.02. The van der Waals surface area contributed by atoms with Gasteiger partial charge in [0.2, 0.25) is 0 Å². The summed E-state index contributed by atoms with van der Waals surface area (Å²) in [6, 6.07) is 4.20. The molecule has 0 unspecified atom stereocenters. The van der Waals surface area contributed by atoms with E-state index in [1.807, 2.05) is 6.92 Å². The summed E-state index contributed by atoms with van der Waals surface area (Å²) in [5.74, 6) is -1.87. The lowest BCUT2D eigenvalue weighted by Crippen LogP contribution is -2.04. The Bertz CT molecular complexity index is 423. The van der Waals surface area contributed by atoms with Gasteiger partial charge in [-0.2, -0.15) is 0 Å². The molecule has 17 heavy (non-hydrogen) atoms. The molecule has 4 nitrogen and oxygen atoms in total. The number of para-hydroxylation sites is 1. The van der Waals surface area contributed by atoms with Gasteiger partial charge in [-0.05, 0) is 18.6 Å². The minimum atomic E-state index is -1.23. The number of aromatic carboxylic acids is 1. The summed E-state index contributed by atoms with van der Waals surface area (Å²) in [7, 11) is 0. The Kier molecular flexibility index (Phi) is 4.69. The number of Topliss-reactive ketones (excluding diaryl/α,β-unsaturated/α-hetero) is 1. The van der Waals surface area contributed by atoms with Crippen LogP contribution < -0.4 is 0 Å². The maximum absolute atomic E-state index is 11.8. The topological polar surface area (TPSA) is 74.6 Å². The molecule has 0 amide bonds. The van der Waals surface area contributed by atoms with Crippen molar-refractivity contribution in [2.45, 2.75) is 32.6 Å². The van der Waals surface area contributed by atoms with E-state index in [9.17, 15) is 14.7 Å². The third-order valence-electron chi connectivity index (χ3n) is 2.57. The fourth-order valence-electron chi connectivity index (χ4n) is 1.61. The summed E-state index contributed by atoms with van der Waals surface area (Å²) < 4.78 is 0. The first-order chi connectivity index (χ1) is 8.07. The molecule has 0 saturated heterocycles. The van der Waals surface area contributed by atoms with Crippen molar-refractivity contribution in [1.29, 1.82) is 0 Å². The van der Waals surface area contributed by atoms with Crippen LogP contribution in [0.2, 0.25) is 0 Å². The van der Waals surface area contributed by atoms with Gasteiger partial charge in [0.25, 0.3) is 0 Å². The third kappa shape index (κ3) is 3.31. The Balaban J connectivity index is 2.87. The molecule has 1 rings (SSSR count). The number of carboxylic acid groups (broad SMARTS) is 1. The molecule has 0 bridgehead atoms. The standard InChI is InChI=1S/C13H16O4/c1-2-3-4-8-11(14)9-6-5-7-10(12(9)15)13(16)17/h5-7,15H,2-4,8H2,1H3,(H,16,17). The van der Waals surface area contributed by atoms with Gasteiger partial charge in [-0.15, -0.1) is 0 Å². The highest BCUT2D eigenvalue weighted by Crippen LogP contribution is 2.24. The molecule has 1 aromatic carbocycles. The van der Waals surface area contributed by atoms with E-state index in [2.05, 4.69) is 0 Å². The number of benzene rings is 1. The summed E-state index contributed by atoms with van der Waals surface area (Å²) in [4.78, 5) is 22.5. The summed E-state index contributed by atoms with van der Waals surface area (Å²) >= 11 is 0. The van der Waals surface area contributed by atoms with Gasteiger partial charge in [0.1, 0.15) is 11.3 Å². The molecule has 0 aliphatic rings. The number of hydrogen-bond donors (Lipinski definition) is 2. The molecule has 4 heteroatoms. The number of unbranched alkanes of at least 4 members (excludes halogenated alkanes) is 2. The minimum absolute atomic E-state index is 0.0982. The van der Waals surface area contributed by atoms with E-state index in [4.69, 9.17) is 5.11 Å². The number of ketones is 1. The largest absolute Gasteiger partial charge is 0.506 e. The Morgan fingerprint density at radius 1 is 1.18 bits per heavy atom. The normalized spacial score (nSPS) is 10.2. The molecule has 0 aliphatic carbocycles. The van der Waals surface area contributed by atoms with Gasteiger partial charge in [-0.25, -0.2) is 4.79 Å². The molecule has 2 N–H and O–H groups in total. The highest BCUT2D eigenvalue weighted by Gasteiger charge is 2.17. The van der Waals surface area contributed by atoms with Crippen LogP contribution in [0.25, 0.3) is 0 Å². The number of rotatable bonds is 6. The van der Waals surface area contributed by atoms with Crippen molar-refractivity contribution >= 4 is 11.8 Å². The van der Waals surface area contributed by atoms with Crippen LogP contribution in [0, 0.1) is 0 Å². The van der Waals surface area contributed by atoms with Gasteiger partial charge < -0.3 is 10.2 Å². The molecular formula is C13H16O4. The first-order valence-corrected chi connectivity index (χ1v) is 5.66. The van der Waals surface area contributed by atoms with E-state index in [-0.39, 0.29) is 16.9 Å². The van der Waals surface area contributed by atoms with Crippen molar-refractivity contribution in [1.82, 2.24) is 0 Å². The Morgan fingerprint density at radius 3 is 2.41 bits per heavy atom.